The number of pyridine rings is 1. The van der Waals surface area contributed by atoms with Crippen LogP contribution in [-0.2, 0) is 16.6 Å². The first-order chi connectivity index (χ1) is 10.1. The third-order valence-electron chi connectivity index (χ3n) is 3.34. The highest BCUT2D eigenvalue weighted by atomic mass is 32.2. The highest BCUT2D eigenvalue weighted by Gasteiger charge is 2.18. The highest BCUT2D eigenvalue weighted by Crippen LogP contribution is 2.37. The number of hydrogen-bond acceptors (Lipinski definition) is 4. The van der Waals surface area contributed by atoms with Crippen molar-refractivity contribution in [2.24, 2.45) is 0 Å². The van der Waals surface area contributed by atoms with Crippen LogP contribution in [0.1, 0.15) is 16.8 Å². The molecule has 3 nitrogen and oxygen atoms in total. The van der Waals surface area contributed by atoms with Crippen molar-refractivity contribution in [3.63, 3.8) is 0 Å². The summed E-state index contributed by atoms with van der Waals surface area (Å²) in [7, 11) is -1.14. The molecule has 3 rings (SSSR count). The average Bonchev–Trinajstić information content (AvgIpc) is 2.77. The number of hydrogen-bond donors (Lipinski definition) is 1. The lowest BCUT2D eigenvalue weighted by Gasteiger charge is -2.02. The summed E-state index contributed by atoms with van der Waals surface area (Å²) in [5.74, 6) is 0.482. The van der Waals surface area contributed by atoms with Gasteiger partial charge in [0.25, 0.3) is 0 Å². The Morgan fingerprint density at radius 1 is 1.24 bits per heavy atom. The molecule has 1 aromatic carbocycles. The molecule has 5 heteroatoms. The number of nitrogen functional groups attached to an aromatic ring is 1. The van der Waals surface area contributed by atoms with Crippen molar-refractivity contribution < 1.29 is 4.21 Å². The van der Waals surface area contributed by atoms with Crippen molar-refractivity contribution in [3.8, 4) is 0 Å². The standard InChI is InChI=1S/C16H16N2OS2/c1-10-8-11(2)18-15-13(10)14(17)16(20-15)21(19)9-12-6-4-3-5-7-12/h3-8H,9,17H2,1-2H3. The average molecular weight is 316 g/mol. The molecule has 0 saturated heterocycles. The van der Waals surface area contributed by atoms with E-state index in [4.69, 9.17) is 5.73 Å². The first kappa shape index (κ1) is 14.2. The number of aryl methyl sites for hydroxylation is 2. The van der Waals surface area contributed by atoms with Gasteiger partial charge in [0, 0.05) is 11.1 Å². The Morgan fingerprint density at radius 3 is 2.67 bits per heavy atom. The number of fused-ring (bicyclic) bond motifs is 1. The predicted octanol–water partition coefficient (Wildman–Crippen LogP) is 3.80. The van der Waals surface area contributed by atoms with Crippen LogP contribution in [-0.4, -0.2) is 9.19 Å². The van der Waals surface area contributed by atoms with E-state index in [1.165, 1.54) is 11.3 Å². The van der Waals surface area contributed by atoms with Crippen LogP contribution in [0.2, 0.25) is 0 Å². The summed E-state index contributed by atoms with van der Waals surface area (Å²) in [5, 5.41) is 0.946. The van der Waals surface area contributed by atoms with Gasteiger partial charge in [-0.1, -0.05) is 30.3 Å². The van der Waals surface area contributed by atoms with E-state index in [2.05, 4.69) is 4.98 Å². The Hall–Kier alpha value is -1.72. The molecule has 0 radical (unpaired) electrons. The molecule has 2 aromatic heterocycles. The van der Waals surface area contributed by atoms with Crippen molar-refractivity contribution in [1.82, 2.24) is 4.98 Å². The third kappa shape index (κ3) is 2.71. The van der Waals surface area contributed by atoms with Crippen LogP contribution in [0.3, 0.4) is 0 Å². The van der Waals surface area contributed by atoms with Crippen LogP contribution in [0.4, 0.5) is 5.69 Å². The Balaban J connectivity index is 2.03. The predicted molar refractivity (Wildman–Crippen MR) is 90.1 cm³/mol. The topological polar surface area (TPSA) is 56.0 Å². The van der Waals surface area contributed by atoms with Crippen LogP contribution < -0.4 is 5.73 Å². The third-order valence-corrected chi connectivity index (χ3v) is 6.27. The van der Waals surface area contributed by atoms with Crippen molar-refractivity contribution >= 4 is 38.0 Å². The fraction of sp³-hybridized carbons (Fsp3) is 0.188. The summed E-state index contributed by atoms with van der Waals surface area (Å²) < 4.78 is 13.3. The van der Waals surface area contributed by atoms with Gasteiger partial charge in [-0.05, 0) is 31.0 Å². The lowest BCUT2D eigenvalue weighted by atomic mass is 10.2. The molecule has 0 aliphatic rings. The Bertz CT molecular complexity index is 825. The maximum Gasteiger partial charge on any atom is 0.127 e. The first-order valence-corrected chi connectivity index (χ1v) is 8.78. The van der Waals surface area contributed by atoms with Gasteiger partial charge in [-0.15, -0.1) is 11.3 Å². The molecular weight excluding hydrogens is 300 g/mol. The molecule has 0 spiro atoms. The van der Waals surface area contributed by atoms with Crippen molar-refractivity contribution in [1.29, 1.82) is 0 Å². The van der Waals surface area contributed by atoms with Crippen LogP contribution in [0.15, 0.2) is 40.6 Å². The molecule has 2 heterocycles. The van der Waals surface area contributed by atoms with Gasteiger partial charge >= 0.3 is 0 Å². The second kappa shape index (κ2) is 5.58. The van der Waals surface area contributed by atoms with Crippen molar-refractivity contribution in [2.45, 2.75) is 23.8 Å². The summed E-state index contributed by atoms with van der Waals surface area (Å²) >= 11 is 1.44. The number of nitrogens with two attached hydrogens (primary N) is 1. The molecule has 0 amide bonds. The maximum absolute atomic E-state index is 12.6. The molecular formula is C16H16N2OS2. The monoisotopic (exact) mass is 316 g/mol. The van der Waals surface area contributed by atoms with E-state index in [0.29, 0.717) is 11.4 Å². The summed E-state index contributed by atoms with van der Waals surface area (Å²) in [6, 6.07) is 11.8. The molecule has 0 aliphatic carbocycles. The maximum atomic E-state index is 12.6. The Kier molecular flexibility index (Phi) is 3.78. The Labute approximate surface area is 130 Å². The zero-order valence-electron chi connectivity index (χ0n) is 11.9. The molecule has 0 bridgehead atoms. The smallest absolute Gasteiger partial charge is 0.127 e. The van der Waals surface area contributed by atoms with Gasteiger partial charge in [-0.25, -0.2) is 4.98 Å². The van der Waals surface area contributed by atoms with Gasteiger partial charge in [-0.2, -0.15) is 0 Å². The lowest BCUT2D eigenvalue weighted by Crippen LogP contribution is -1.97. The molecule has 0 saturated carbocycles. The van der Waals surface area contributed by atoms with E-state index in [-0.39, 0.29) is 0 Å². The number of thiophene rings is 1. The van der Waals surface area contributed by atoms with E-state index >= 15 is 0 Å². The number of aromatic nitrogens is 1. The minimum absolute atomic E-state index is 0.482. The zero-order valence-corrected chi connectivity index (χ0v) is 13.6. The second-order valence-corrected chi connectivity index (χ2v) is 7.68. The van der Waals surface area contributed by atoms with Crippen LogP contribution in [0.25, 0.3) is 10.2 Å². The highest BCUT2D eigenvalue weighted by molar-refractivity contribution is 7.87. The van der Waals surface area contributed by atoms with E-state index in [9.17, 15) is 4.21 Å². The van der Waals surface area contributed by atoms with E-state index in [1.807, 2.05) is 50.2 Å². The van der Waals surface area contributed by atoms with Gasteiger partial charge in [0.2, 0.25) is 0 Å². The quantitative estimate of drug-likeness (QED) is 0.799. The minimum Gasteiger partial charge on any atom is -0.396 e. The van der Waals surface area contributed by atoms with Crippen LogP contribution >= 0.6 is 11.3 Å². The second-order valence-electron chi connectivity index (χ2n) is 5.04. The van der Waals surface area contributed by atoms with Gasteiger partial charge in [0.05, 0.1) is 22.2 Å². The number of nitrogens with zero attached hydrogens (tertiary/aromatic N) is 1. The molecule has 3 aromatic rings. The Morgan fingerprint density at radius 2 is 1.95 bits per heavy atom. The van der Waals surface area contributed by atoms with Crippen LogP contribution in [0.5, 0.6) is 0 Å². The summed E-state index contributed by atoms with van der Waals surface area (Å²) in [6.45, 7) is 3.98. The first-order valence-electron chi connectivity index (χ1n) is 6.65. The molecule has 108 valence electrons. The largest absolute Gasteiger partial charge is 0.396 e. The van der Waals surface area contributed by atoms with E-state index in [0.717, 1.165) is 31.2 Å². The molecule has 0 aliphatic heterocycles. The van der Waals surface area contributed by atoms with Crippen molar-refractivity contribution in [3.05, 3.63) is 53.2 Å². The number of benzene rings is 1. The van der Waals surface area contributed by atoms with E-state index < -0.39 is 10.8 Å². The molecule has 2 N–H and O–H groups in total. The minimum atomic E-state index is -1.14. The normalized spacial score (nSPS) is 12.7. The number of rotatable bonds is 3. The lowest BCUT2D eigenvalue weighted by molar-refractivity contribution is 0.684. The van der Waals surface area contributed by atoms with Gasteiger partial charge in [-0.3, -0.25) is 4.21 Å². The van der Waals surface area contributed by atoms with E-state index in [1.54, 1.807) is 0 Å². The van der Waals surface area contributed by atoms with Gasteiger partial charge < -0.3 is 5.73 Å². The molecule has 0 fully saturated rings. The fourth-order valence-corrected chi connectivity index (χ4v) is 5.12. The molecule has 1 atom stereocenters. The van der Waals surface area contributed by atoms with Crippen molar-refractivity contribution in [2.75, 3.05) is 5.73 Å². The van der Waals surface area contributed by atoms with Gasteiger partial charge in [0.15, 0.2) is 0 Å². The summed E-state index contributed by atoms with van der Waals surface area (Å²) in [5.41, 5.74) is 9.94. The summed E-state index contributed by atoms with van der Waals surface area (Å²) in [6.07, 6.45) is 0. The SMILES string of the molecule is Cc1cc(C)c2c(N)c(S(=O)Cc3ccccc3)sc2n1. The fourth-order valence-electron chi connectivity index (χ4n) is 2.41. The zero-order chi connectivity index (χ0) is 15.0. The number of anilines is 1. The molecule has 1 unspecified atom stereocenters. The van der Waals surface area contributed by atoms with Gasteiger partial charge in [0.1, 0.15) is 9.04 Å². The molecule has 21 heavy (non-hydrogen) atoms. The van der Waals surface area contributed by atoms with Crippen LogP contribution in [0, 0.1) is 13.8 Å². The summed E-state index contributed by atoms with van der Waals surface area (Å²) in [4.78, 5) is 5.39.